The van der Waals surface area contributed by atoms with Gasteiger partial charge in [0.15, 0.2) is 0 Å². The van der Waals surface area contributed by atoms with Crippen LogP contribution in [-0.2, 0) is 6.54 Å². The number of aromatic amines is 1. The summed E-state index contributed by atoms with van der Waals surface area (Å²) in [4.78, 5) is 0. The van der Waals surface area contributed by atoms with Crippen LogP contribution in [0.25, 0.3) is 10.9 Å². The Morgan fingerprint density at radius 1 is 1.38 bits per heavy atom. The first kappa shape index (κ1) is 9.29. The Balaban J connectivity index is 1.86. The highest BCUT2D eigenvalue weighted by Crippen LogP contribution is 2.21. The van der Waals surface area contributed by atoms with E-state index in [0.717, 1.165) is 22.3 Å². The van der Waals surface area contributed by atoms with Gasteiger partial charge in [-0.3, -0.25) is 5.10 Å². The molecule has 0 aliphatic heterocycles. The van der Waals surface area contributed by atoms with E-state index in [2.05, 4.69) is 25.1 Å². The standard InChI is InChI=1S/C10H9N5S/c1-2-9(8-5-12-14-10(8)3-1)11-4-7-6-16-15-13-7/h1-3,5-6,11H,4H2,(H,12,14). The summed E-state index contributed by atoms with van der Waals surface area (Å²) in [5.74, 6) is 0. The lowest BCUT2D eigenvalue weighted by Gasteiger charge is -2.04. The van der Waals surface area contributed by atoms with Crippen molar-refractivity contribution in [3.63, 3.8) is 0 Å². The Hall–Kier alpha value is -1.95. The van der Waals surface area contributed by atoms with E-state index in [-0.39, 0.29) is 0 Å². The maximum absolute atomic E-state index is 4.02. The third-order valence-electron chi connectivity index (χ3n) is 2.35. The second-order valence-corrected chi connectivity index (χ2v) is 4.00. The molecule has 80 valence electrons. The molecule has 0 fully saturated rings. The van der Waals surface area contributed by atoms with Gasteiger partial charge >= 0.3 is 0 Å². The average molecular weight is 231 g/mol. The molecule has 0 bridgehead atoms. The van der Waals surface area contributed by atoms with Crippen molar-refractivity contribution in [1.82, 2.24) is 19.8 Å². The monoisotopic (exact) mass is 231 g/mol. The highest BCUT2D eigenvalue weighted by molar-refractivity contribution is 7.03. The topological polar surface area (TPSA) is 66.5 Å². The van der Waals surface area contributed by atoms with E-state index in [1.54, 1.807) is 0 Å². The number of anilines is 1. The minimum absolute atomic E-state index is 0.681. The summed E-state index contributed by atoms with van der Waals surface area (Å²) in [5, 5.41) is 17.3. The second kappa shape index (κ2) is 3.90. The largest absolute Gasteiger partial charge is 0.379 e. The molecule has 0 amide bonds. The molecule has 0 saturated heterocycles. The summed E-state index contributed by atoms with van der Waals surface area (Å²) in [6.45, 7) is 0.681. The van der Waals surface area contributed by atoms with Gasteiger partial charge in [-0.15, -0.1) is 5.10 Å². The van der Waals surface area contributed by atoms with E-state index in [1.807, 2.05) is 29.8 Å². The molecule has 3 aromatic rings. The fourth-order valence-corrected chi connectivity index (χ4v) is 2.02. The van der Waals surface area contributed by atoms with Gasteiger partial charge in [0.1, 0.15) is 0 Å². The third-order valence-corrected chi connectivity index (χ3v) is 2.90. The molecular weight excluding hydrogens is 222 g/mol. The van der Waals surface area contributed by atoms with E-state index >= 15 is 0 Å². The quantitative estimate of drug-likeness (QED) is 0.723. The number of aromatic nitrogens is 4. The molecule has 0 aliphatic carbocycles. The molecule has 0 aliphatic rings. The van der Waals surface area contributed by atoms with Crippen molar-refractivity contribution in [2.24, 2.45) is 0 Å². The van der Waals surface area contributed by atoms with Gasteiger partial charge in [0, 0.05) is 16.5 Å². The van der Waals surface area contributed by atoms with Gasteiger partial charge < -0.3 is 5.32 Å². The first-order chi connectivity index (χ1) is 7.93. The number of rotatable bonds is 3. The second-order valence-electron chi connectivity index (χ2n) is 3.39. The Morgan fingerprint density at radius 2 is 2.38 bits per heavy atom. The number of nitrogens with zero attached hydrogens (tertiary/aromatic N) is 3. The van der Waals surface area contributed by atoms with Crippen molar-refractivity contribution in [2.45, 2.75) is 6.54 Å². The van der Waals surface area contributed by atoms with Crippen LogP contribution in [0.15, 0.2) is 29.8 Å². The Bertz CT molecular complexity index is 586. The van der Waals surface area contributed by atoms with E-state index in [0.29, 0.717) is 6.54 Å². The predicted octanol–water partition coefficient (Wildman–Crippen LogP) is 2.03. The van der Waals surface area contributed by atoms with Crippen molar-refractivity contribution in [3.05, 3.63) is 35.5 Å². The fraction of sp³-hybridized carbons (Fsp3) is 0.100. The lowest BCUT2D eigenvalue weighted by atomic mass is 10.2. The fourth-order valence-electron chi connectivity index (χ4n) is 1.57. The number of hydrogen-bond acceptors (Lipinski definition) is 5. The molecule has 0 spiro atoms. The van der Waals surface area contributed by atoms with Gasteiger partial charge in [-0.2, -0.15) is 5.10 Å². The number of hydrogen-bond donors (Lipinski definition) is 2. The van der Waals surface area contributed by atoms with Crippen molar-refractivity contribution in [2.75, 3.05) is 5.32 Å². The molecule has 3 rings (SSSR count). The van der Waals surface area contributed by atoms with Gasteiger partial charge in [0.2, 0.25) is 0 Å². The molecule has 0 radical (unpaired) electrons. The molecule has 2 N–H and O–H groups in total. The predicted molar refractivity (Wildman–Crippen MR) is 63.3 cm³/mol. The lowest BCUT2D eigenvalue weighted by molar-refractivity contribution is 1.00. The number of H-pyrrole nitrogens is 1. The van der Waals surface area contributed by atoms with Crippen molar-refractivity contribution in [1.29, 1.82) is 0 Å². The van der Waals surface area contributed by atoms with Crippen LogP contribution in [0, 0.1) is 0 Å². The van der Waals surface area contributed by atoms with Crippen molar-refractivity contribution in [3.8, 4) is 0 Å². The summed E-state index contributed by atoms with van der Waals surface area (Å²) < 4.78 is 3.82. The summed E-state index contributed by atoms with van der Waals surface area (Å²) in [5.41, 5.74) is 3.03. The maximum atomic E-state index is 4.02. The molecular formula is C10H9N5S. The number of fused-ring (bicyclic) bond motifs is 1. The van der Waals surface area contributed by atoms with Gasteiger partial charge in [0.05, 0.1) is 24.0 Å². The maximum Gasteiger partial charge on any atom is 0.0946 e. The van der Waals surface area contributed by atoms with Crippen LogP contribution in [-0.4, -0.2) is 19.8 Å². The molecule has 6 heteroatoms. The molecule has 0 saturated carbocycles. The number of nitrogens with one attached hydrogen (secondary N) is 2. The third kappa shape index (κ3) is 1.63. The smallest absolute Gasteiger partial charge is 0.0946 e. The van der Waals surface area contributed by atoms with Crippen LogP contribution in [0.4, 0.5) is 5.69 Å². The van der Waals surface area contributed by atoms with E-state index < -0.39 is 0 Å². The molecule has 5 nitrogen and oxygen atoms in total. The van der Waals surface area contributed by atoms with Crippen LogP contribution in [0.1, 0.15) is 5.69 Å². The zero-order valence-electron chi connectivity index (χ0n) is 8.34. The van der Waals surface area contributed by atoms with Gasteiger partial charge in [0.25, 0.3) is 0 Å². The first-order valence-electron chi connectivity index (χ1n) is 4.85. The first-order valence-corrected chi connectivity index (χ1v) is 5.69. The normalized spacial score (nSPS) is 10.8. The van der Waals surface area contributed by atoms with Gasteiger partial charge in [-0.25, -0.2) is 0 Å². The summed E-state index contributed by atoms with van der Waals surface area (Å²) >= 11 is 1.36. The van der Waals surface area contributed by atoms with E-state index in [1.165, 1.54) is 11.5 Å². The van der Waals surface area contributed by atoms with Crippen LogP contribution < -0.4 is 5.32 Å². The number of benzene rings is 1. The highest BCUT2D eigenvalue weighted by atomic mass is 32.1. The van der Waals surface area contributed by atoms with Crippen LogP contribution in [0.2, 0.25) is 0 Å². The molecule has 1 aromatic carbocycles. The van der Waals surface area contributed by atoms with Gasteiger partial charge in [-0.05, 0) is 23.7 Å². The molecule has 0 atom stereocenters. The minimum Gasteiger partial charge on any atom is -0.379 e. The van der Waals surface area contributed by atoms with Crippen molar-refractivity contribution >= 4 is 28.1 Å². The van der Waals surface area contributed by atoms with Crippen LogP contribution in [0.3, 0.4) is 0 Å². The molecule has 16 heavy (non-hydrogen) atoms. The van der Waals surface area contributed by atoms with E-state index in [4.69, 9.17) is 0 Å². The van der Waals surface area contributed by atoms with Gasteiger partial charge in [-0.1, -0.05) is 10.6 Å². The molecule has 0 unspecified atom stereocenters. The zero-order valence-corrected chi connectivity index (χ0v) is 9.16. The van der Waals surface area contributed by atoms with Crippen molar-refractivity contribution < 1.29 is 0 Å². The van der Waals surface area contributed by atoms with E-state index in [9.17, 15) is 0 Å². The SMILES string of the molecule is c1cc(NCc2csnn2)c2cn[nH]c2c1. The van der Waals surface area contributed by atoms with Crippen LogP contribution >= 0.6 is 11.5 Å². The summed E-state index contributed by atoms with van der Waals surface area (Å²) in [7, 11) is 0. The molecule has 2 heterocycles. The Morgan fingerprint density at radius 3 is 3.25 bits per heavy atom. The lowest BCUT2D eigenvalue weighted by Crippen LogP contribution is -1.99. The Labute approximate surface area is 95.7 Å². The summed E-state index contributed by atoms with van der Waals surface area (Å²) in [6, 6.07) is 6.01. The minimum atomic E-state index is 0.681. The highest BCUT2D eigenvalue weighted by Gasteiger charge is 2.02. The molecule has 2 aromatic heterocycles. The zero-order chi connectivity index (χ0) is 10.8. The Kier molecular flexibility index (Phi) is 2.26. The average Bonchev–Trinajstić information content (AvgIpc) is 2.97. The summed E-state index contributed by atoms with van der Waals surface area (Å²) in [6.07, 6.45) is 1.82. The van der Waals surface area contributed by atoms with Crippen LogP contribution in [0.5, 0.6) is 0 Å².